The fourth-order valence-corrected chi connectivity index (χ4v) is 5.04. The predicted octanol–water partition coefficient (Wildman–Crippen LogP) is 4.56. The number of unbranched alkanes of at least 4 members (excludes halogenated alkanes) is 1. The molecule has 3 heterocycles. The maximum absolute atomic E-state index is 12.2. The lowest BCUT2D eigenvalue weighted by molar-refractivity contribution is -0.138. The van der Waals surface area contributed by atoms with Crippen LogP contribution in [0.2, 0.25) is 0 Å². The number of carboxylic acid groups (broad SMARTS) is 1. The van der Waals surface area contributed by atoms with Crippen LogP contribution in [0.4, 0.5) is 11.6 Å². The molecule has 1 aromatic carbocycles. The van der Waals surface area contributed by atoms with Crippen LogP contribution in [0.25, 0.3) is 17.0 Å². The number of methoxy groups -OCH3 is 1. The number of benzene rings is 1. The number of para-hydroxylation sites is 1. The standard InChI is InChI=1S/C30H40N6O3/c1-4-22-20-23-10-9-15-31-28(23)34-25(22)12-7-8-16-36(18-19-39-3)17-14-27(30(37)38)35-29-24-11-5-6-13-26(24)32-21(2)33-29/h4-6,11,13,20,27H,1,7-10,12,14-19H2,2-3H3,(H,31,34)(H,37,38)(H,32,33,35)/t27-/m0/s1. The number of anilines is 2. The van der Waals surface area contributed by atoms with Crippen LogP contribution in [0.15, 0.2) is 36.9 Å². The monoisotopic (exact) mass is 532 g/mol. The third-order valence-electron chi connectivity index (χ3n) is 7.16. The lowest BCUT2D eigenvalue weighted by Gasteiger charge is -2.24. The van der Waals surface area contributed by atoms with Crippen LogP contribution in [0.5, 0.6) is 0 Å². The summed E-state index contributed by atoms with van der Waals surface area (Å²) in [6.07, 6.45) is 7.39. The Bertz CT molecular complexity index is 1280. The van der Waals surface area contributed by atoms with Crippen LogP contribution in [0.1, 0.15) is 48.3 Å². The van der Waals surface area contributed by atoms with Crippen molar-refractivity contribution in [1.29, 1.82) is 0 Å². The SMILES string of the molecule is C=Cc1cc2c(nc1CCCCN(CCOC)CC[C@H](Nc1nc(C)nc3ccccc13)C(=O)O)NCCC2. The normalized spacial score (nSPS) is 13.6. The molecule has 39 heavy (non-hydrogen) atoms. The molecule has 0 saturated carbocycles. The lowest BCUT2D eigenvalue weighted by atomic mass is 10.0. The molecule has 0 spiro atoms. The highest BCUT2D eigenvalue weighted by Crippen LogP contribution is 2.25. The summed E-state index contributed by atoms with van der Waals surface area (Å²) < 4.78 is 5.32. The van der Waals surface area contributed by atoms with Crippen molar-refractivity contribution in [3.63, 3.8) is 0 Å². The van der Waals surface area contributed by atoms with Crippen molar-refractivity contribution in [2.45, 2.75) is 51.5 Å². The summed E-state index contributed by atoms with van der Waals surface area (Å²) in [7, 11) is 1.69. The number of nitrogens with one attached hydrogen (secondary N) is 2. The van der Waals surface area contributed by atoms with Crippen LogP contribution < -0.4 is 10.6 Å². The summed E-state index contributed by atoms with van der Waals surface area (Å²) in [5.41, 5.74) is 4.28. The molecule has 1 aliphatic rings. The second-order valence-electron chi connectivity index (χ2n) is 10.0. The minimum absolute atomic E-state index is 0.440. The van der Waals surface area contributed by atoms with Crippen molar-refractivity contribution in [3.05, 3.63) is 59.6 Å². The smallest absolute Gasteiger partial charge is 0.326 e. The van der Waals surface area contributed by atoms with Gasteiger partial charge in [-0.25, -0.2) is 19.7 Å². The average molecular weight is 533 g/mol. The van der Waals surface area contributed by atoms with Crippen LogP contribution >= 0.6 is 0 Å². The van der Waals surface area contributed by atoms with Gasteiger partial charge in [0.15, 0.2) is 0 Å². The van der Waals surface area contributed by atoms with E-state index in [0.717, 1.165) is 79.7 Å². The first-order chi connectivity index (χ1) is 19.0. The molecule has 0 aliphatic carbocycles. The Morgan fingerprint density at radius 3 is 2.87 bits per heavy atom. The molecule has 4 rings (SSSR count). The largest absolute Gasteiger partial charge is 0.480 e. The number of hydrogen-bond donors (Lipinski definition) is 3. The van der Waals surface area contributed by atoms with Gasteiger partial charge in [0.25, 0.3) is 0 Å². The Morgan fingerprint density at radius 1 is 1.23 bits per heavy atom. The van der Waals surface area contributed by atoms with Gasteiger partial charge in [0.05, 0.1) is 17.8 Å². The molecular formula is C30H40N6O3. The predicted molar refractivity (Wildman–Crippen MR) is 156 cm³/mol. The first-order valence-corrected chi connectivity index (χ1v) is 13.8. The summed E-state index contributed by atoms with van der Waals surface area (Å²) in [4.78, 5) is 28.3. The van der Waals surface area contributed by atoms with E-state index in [1.165, 1.54) is 5.56 Å². The molecule has 1 atom stereocenters. The second-order valence-corrected chi connectivity index (χ2v) is 10.0. The quantitative estimate of drug-likeness (QED) is 0.242. The van der Waals surface area contributed by atoms with E-state index >= 15 is 0 Å². The van der Waals surface area contributed by atoms with E-state index in [-0.39, 0.29) is 0 Å². The van der Waals surface area contributed by atoms with E-state index in [9.17, 15) is 9.90 Å². The van der Waals surface area contributed by atoms with E-state index in [1.807, 2.05) is 37.3 Å². The number of carbonyl (C=O) groups is 1. The fraction of sp³-hybridized carbons (Fsp3) is 0.467. The zero-order valence-corrected chi connectivity index (χ0v) is 23.1. The Kier molecular flexibility index (Phi) is 10.2. The lowest BCUT2D eigenvalue weighted by Crippen LogP contribution is -2.37. The van der Waals surface area contributed by atoms with Gasteiger partial charge in [-0.15, -0.1) is 0 Å². The number of carboxylic acids is 1. The average Bonchev–Trinajstić information content (AvgIpc) is 2.94. The molecule has 9 nitrogen and oxygen atoms in total. The number of hydrogen-bond acceptors (Lipinski definition) is 8. The van der Waals surface area contributed by atoms with Crippen LogP contribution in [-0.4, -0.2) is 76.9 Å². The van der Waals surface area contributed by atoms with Gasteiger partial charge in [-0.1, -0.05) is 24.8 Å². The number of aromatic nitrogens is 3. The van der Waals surface area contributed by atoms with Crippen molar-refractivity contribution in [3.8, 4) is 0 Å². The van der Waals surface area contributed by atoms with Gasteiger partial charge >= 0.3 is 5.97 Å². The molecule has 1 aliphatic heterocycles. The van der Waals surface area contributed by atoms with Gasteiger partial charge in [0.1, 0.15) is 23.5 Å². The molecular weight excluding hydrogens is 492 g/mol. The van der Waals surface area contributed by atoms with E-state index in [0.29, 0.717) is 31.2 Å². The van der Waals surface area contributed by atoms with Gasteiger partial charge in [-0.2, -0.15) is 0 Å². The van der Waals surface area contributed by atoms with E-state index in [4.69, 9.17) is 9.72 Å². The molecule has 9 heteroatoms. The summed E-state index contributed by atoms with van der Waals surface area (Å²) in [5, 5.41) is 17.4. The number of pyridine rings is 1. The van der Waals surface area contributed by atoms with Crippen molar-refractivity contribution in [1.82, 2.24) is 19.9 Å². The molecule has 0 bridgehead atoms. The minimum atomic E-state index is -0.897. The number of fused-ring (bicyclic) bond motifs is 2. The van der Waals surface area contributed by atoms with E-state index in [1.54, 1.807) is 7.11 Å². The Morgan fingerprint density at radius 2 is 2.08 bits per heavy atom. The van der Waals surface area contributed by atoms with E-state index in [2.05, 4.69) is 38.1 Å². The highest BCUT2D eigenvalue weighted by Gasteiger charge is 2.21. The van der Waals surface area contributed by atoms with Gasteiger partial charge in [0.2, 0.25) is 0 Å². The summed E-state index contributed by atoms with van der Waals surface area (Å²) in [5.74, 6) is 1.28. The van der Waals surface area contributed by atoms with Crippen molar-refractivity contribution in [2.75, 3.05) is 50.5 Å². The minimum Gasteiger partial charge on any atom is -0.480 e. The highest BCUT2D eigenvalue weighted by molar-refractivity contribution is 5.90. The molecule has 3 N–H and O–H groups in total. The summed E-state index contributed by atoms with van der Waals surface area (Å²) >= 11 is 0. The Hall–Kier alpha value is -3.56. The van der Waals surface area contributed by atoms with Gasteiger partial charge in [-0.05, 0) is 81.3 Å². The zero-order chi connectivity index (χ0) is 27.6. The first-order valence-electron chi connectivity index (χ1n) is 13.8. The Balaban J connectivity index is 1.34. The van der Waals surface area contributed by atoms with Gasteiger partial charge < -0.3 is 25.4 Å². The highest BCUT2D eigenvalue weighted by atomic mass is 16.5. The van der Waals surface area contributed by atoms with Crippen LogP contribution in [0.3, 0.4) is 0 Å². The van der Waals surface area contributed by atoms with Crippen LogP contribution in [0, 0.1) is 6.92 Å². The van der Waals surface area contributed by atoms with E-state index < -0.39 is 12.0 Å². The molecule has 0 unspecified atom stereocenters. The molecule has 0 amide bonds. The number of ether oxygens (including phenoxy) is 1. The van der Waals surface area contributed by atoms with Crippen molar-refractivity contribution >= 4 is 34.6 Å². The first kappa shape index (κ1) is 28.4. The molecule has 0 saturated heterocycles. The molecule has 2 aromatic heterocycles. The van der Waals surface area contributed by atoms with Gasteiger partial charge in [0, 0.05) is 32.1 Å². The third-order valence-corrected chi connectivity index (χ3v) is 7.16. The maximum atomic E-state index is 12.2. The molecule has 3 aromatic rings. The second kappa shape index (κ2) is 14.0. The number of aryl methyl sites for hydroxylation is 3. The number of nitrogens with zero attached hydrogens (tertiary/aromatic N) is 4. The Labute approximate surface area is 230 Å². The maximum Gasteiger partial charge on any atom is 0.326 e. The van der Waals surface area contributed by atoms with Crippen molar-refractivity contribution in [2.24, 2.45) is 0 Å². The number of aliphatic carboxylic acids is 1. The molecule has 0 radical (unpaired) electrons. The summed E-state index contributed by atoms with van der Waals surface area (Å²) in [6, 6.07) is 9.09. The van der Waals surface area contributed by atoms with Crippen LogP contribution in [-0.2, 0) is 22.4 Å². The molecule has 0 fully saturated rings. The summed E-state index contributed by atoms with van der Waals surface area (Å²) in [6.45, 7) is 9.62. The molecule has 208 valence electrons. The number of rotatable bonds is 15. The topological polar surface area (TPSA) is 113 Å². The third kappa shape index (κ3) is 7.74. The van der Waals surface area contributed by atoms with Gasteiger partial charge in [-0.3, -0.25) is 0 Å². The zero-order valence-electron chi connectivity index (χ0n) is 23.1. The van der Waals surface area contributed by atoms with Crippen molar-refractivity contribution < 1.29 is 14.6 Å². The fourth-order valence-electron chi connectivity index (χ4n) is 5.04.